The number of halogens is 1. The lowest BCUT2D eigenvalue weighted by molar-refractivity contribution is -0.141. The average Bonchev–Trinajstić information content (AvgIpc) is 2.86. The number of nitrogens with one attached hydrogen (secondary N) is 1. The summed E-state index contributed by atoms with van der Waals surface area (Å²) in [5.74, 6) is -0.294. The summed E-state index contributed by atoms with van der Waals surface area (Å²) in [5, 5.41) is 8.06. The molecule has 0 atom stereocenters. The van der Waals surface area contributed by atoms with Crippen LogP contribution in [0.5, 0.6) is 0 Å². The van der Waals surface area contributed by atoms with E-state index in [-0.39, 0.29) is 12.0 Å². The zero-order chi connectivity index (χ0) is 16.1. The van der Waals surface area contributed by atoms with Gasteiger partial charge in [0.05, 0.1) is 12.7 Å². The molecule has 0 radical (unpaired) electrons. The summed E-state index contributed by atoms with van der Waals surface area (Å²) in [5.41, 5.74) is 2.77. The molecule has 1 N–H and O–H groups in total. The molecule has 2 aromatic heterocycles. The van der Waals surface area contributed by atoms with E-state index < -0.39 is 0 Å². The van der Waals surface area contributed by atoms with Crippen molar-refractivity contribution in [3.05, 3.63) is 29.8 Å². The van der Waals surface area contributed by atoms with E-state index in [1.165, 1.54) is 6.92 Å². The van der Waals surface area contributed by atoms with Crippen molar-refractivity contribution in [2.24, 2.45) is 0 Å². The largest absolute Gasteiger partial charge is 0.464 e. The Morgan fingerprint density at radius 1 is 1.45 bits per heavy atom. The van der Waals surface area contributed by atoms with Crippen LogP contribution in [-0.4, -0.2) is 33.4 Å². The first-order valence-corrected chi connectivity index (χ1v) is 7.42. The number of anilines is 1. The van der Waals surface area contributed by atoms with Gasteiger partial charge in [0.25, 0.3) is 0 Å². The third-order valence-electron chi connectivity index (χ3n) is 2.88. The minimum Gasteiger partial charge on any atom is -0.464 e. The van der Waals surface area contributed by atoms with E-state index in [0.717, 1.165) is 16.8 Å². The lowest BCUT2D eigenvalue weighted by atomic mass is 10.1. The summed E-state index contributed by atoms with van der Waals surface area (Å²) in [7, 11) is 0. The number of esters is 1. The molecule has 0 saturated carbocycles. The van der Waals surface area contributed by atoms with Crippen molar-refractivity contribution in [3.63, 3.8) is 0 Å². The maximum atomic E-state index is 10.8. The number of carbonyl (C=O) groups is 1. The molecule has 0 aliphatic carbocycles. The van der Waals surface area contributed by atoms with E-state index in [9.17, 15) is 4.79 Å². The van der Waals surface area contributed by atoms with Crippen molar-refractivity contribution >= 4 is 23.3 Å². The van der Waals surface area contributed by atoms with Crippen LogP contribution in [0.15, 0.2) is 24.7 Å². The highest BCUT2D eigenvalue weighted by molar-refractivity contribution is 6.29. The number of pyridine rings is 1. The number of hydrogen-bond donors (Lipinski definition) is 1. The fourth-order valence-corrected chi connectivity index (χ4v) is 2.16. The SMILES string of the molecule is CC(=O)OCCn1cc(-c2cnc(Cl)cc2NC(C)C)cn1. The van der Waals surface area contributed by atoms with Crippen LogP contribution in [0.1, 0.15) is 20.8 Å². The van der Waals surface area contributed by atoms with Crippen molar-refractivity contribution < 1.29 is 9.53 Å². The first kappa shape index (κ1) is 16.3. The van der Waals surface area contributed by atoms with E-state index >= 15 is 0 Å². The fourth-order valence-electron chi connectivity index (χ4n) is 2.00. The van der Waals surface area contributed by atoms with E-state index in [1.807, 2.05) is 6.20 Å². The first-order chi connectivity index (χ1) is 10.5. The molecule has 0 aliphatic rings. The van der Waals surface area contributed by atoms with Crippen molar-refractivity contribution in [2.75, 3.05) is 11.9 Å². The van der Waals surface area contributed by atoms with E-state index in [1.54, 1.807) is 23.1 Å². The molecule has 2 aromatic rings. The summed E-state index contributed by atoms with van der Waals surface area (Å²) in [6.07, 6.45) is 5.37. The quantitative estimate of drug-likeness (QED) is 0.654. The van der Waals surface area contributed by atoms with Gasteiger partial charge in [-0.15, -0.1) is 0 Å². The van der Waals surface area contributed by atoms with Crippen LogP contribution < -0.4 is 5.32 Å². The molecule has 0 unspecified atom stereocenters. The van der Waals surface area contributed by atoms with Gasteiger partial charge in [-0.1, -0.05) is 11.6 Å². The predicted molar refractivity (Wildman–Crippen MR) is 85.9 cm³/mol. The number of hydrogen-bond acceptors (Lipinski definition) is 5. The van der Waals surface area contributed by atoms with Crippen molar-refractivity contribution in [1.82, 2.24) is 14.8 Å². The van der Waals surface area contributed by atoms with Gasteiger partial charge in [-0.2, -0.15) is 5.10 Å². The first-order valence-electron chi connectivity index (χ1n) is 7.04. The third-order valence-corrected chi connectivity index (χ3v) is 3.09. The van der Waals surface area contributed by atoms with Crippen LogP contribution in [0.2, 0.25) is 5.15 Å². The summed E-state index contributed by atoms with van der Waals surface area (Å²) in [6.45, 7) is 6.30. The smallest absolute Gasteiger partial charge is 0.302 e. The second kappa shape index (κ2) is 7.26. The summed E-state index contributed by atoms with van der Waals surface area (Å²) in [6, 6.07) is 2.07. The van der Waals surface area contributed by atoms with Crippen molar-refractivity contribution in [3.8, 4) is 11.1 Å². The van der Waals surface area contributed by atoms with Crippen LogP contribution in [0, 0.1) is 0 Å². The van der Waals surface area contributed by atoms with Gasteiger partial charge in [0, 0.05) is 42.2 Å². The van der Waals surface area contributed by atoms with E-state index in [4.69, 9.17) is 16.3 Å². The van der Waals surface area contributed by atoms with Gasteiger partial charge in [-0.25, -0.2) is 4.98 Å². The molecule has 118 valence electrons. The minimum absolute atomic E-state index is 0.274. The lowest BCUT2D eigenvalue weighted by Gasteiger charge is -2.13. The molecule has 2 heterocycles. The van der Waals surface area contributed by atoms with Crippen LogP contribution in [0.25, 0.3) is 11.1 Å². The lowest BCUT2D eigenvalue weighted by Crippen LogP contribution is -2.10. The molecule has 0 spiro atoms. The Balaban J connectivity index is 2.17. The molecule has 6 nitrogen and oxygen atoms in total. The molecular weight excluding hydrogens is 304 g/mol. The maximum Gasteiger partial charge on any atom is 0.302 e. The molecule has 0 aromatic carbocycles. The highest BCUT2D eigenvalue weighted by Gasteiger charge is 2.10. The second-order valence-corrected chi connectivity index (χ2v) is 5.57. The van der Waals surface area contributed by atoms with Crippen LogP contribution in [-0.2, 0) is 16.1 Å². The molecule has 2 rings (SSSR count). The van der Waals surface area contributed by atoms with Gasteiger partial charge in [0.2, 0.25) is 0 Å². The number of rotatable bonds is 6. The monoisotopic (exact) mass is 322 g/mol. The highest BCUT2D eigenvalue weighted by atomic mass is 35.5. The van der Waals surface area contributed by atoms with Crippen LogP contribution >= 0.6 is 11.6 Å². The van der Waals surface area contributed by atoms with Gasteiger partial charge in [0.15, 0.2) is 0 Å². The standard InChI is InChI=1S/C15H19ClN4O2/c1-10(2)19-14-6-15(16)17-8-13(14)12-7-18-20(9-12)4-5-22-11(3)21/h6-10H,4-5H2,1-3H3,(H,17,19). The Bertz CT molecular complexity index is 655. The predicted octanol–water partition coefficient (Wildman–Crippen LogP) is 2.98. The zero-order valence-corrected chi connectivity index (χ0v) is 13.6. The molecule has 0 bridgehead atoms. The molecule has 0 aliphatic heterocycles. The van der Waals surface area contributed by atoms with Gasteiger partial charge in [-0.05, 0) is 19.9 Å². The summed E-state index contributed by atoms with van der Waals surface area (Å²) in [4.78, 5) is 14.9. The Labute approximate surface area is 134 Å². The Kier molecular flexibility index (Phi) is 5.38. The summed E-state index contributed by atoms with van der Waals surface area (Å²) >= 11 is 5.97. The molecular formula is C15H19ClN4O2. The van der Waals surface area contributed by atoms with Gasteiger partial charge < -0.3 is 10.1 Å². The van der Waals surface area contributed by atoms with Gasteiger partial charge in [-0.3, -0.25) is 9.48 Å². The molecule has 22 heavy (non-hydrogen) atoms. The molecule has 7 heteroatoms. The average molecular weight is 323 g/mol. The van der Waals surface area contributed by atoms with E-state index in [0.29, 0.717) is 18.3 Å². The van der Waals surface area contributed by atoms with Gasteiger partial charge >= 0.3 is 5.97 Å². The van der Waals surface area contributed by atoms with Crippen molar-refractivity contribution in [2.45, 2.75) is 33.4 Å². The number of aromatic nitrogens is 3. The van der Waals surface area contributed by atoms with Crippen LogP contribution in [0.4, 0.5) is 5.69 Å². The van der Waals surface area contributed by atoms with Gasteiger partial charge in [0.1, 0.15) is 11.8 Å². The van der Waals surface area contributed by atoms with E-state index in [2.05, 4.69) is 29.2 Å². The third kappa shape index (κ3) is 4.46. The minimum atomic E-state index is -0.294. The maximum absolute atomic E-state index is 10.8. The summed E-state index contributed by atoms with van der Waals surface area (Å²) < 4.78 is 6.64. The molecule has 0 fully saturated rings. The molecule has 0 saturated heterocycles. The topological polar surface area (TPSA) is 69.0 Å². The van der Waals surface area contributed by atoms with Crippen LogP contribution in [0.3, 0.4) is 0 Å². The number of carbonyl (C=O) groups excluding carboxylic acids is 1. The number of nitrogens with zero attached hydrogens (tertiary/aromatic N) is 3. The zero-order valence-electron chi connectivity index (χ0n) is 12.8. The number of ether oxygens (including phenoxy) is 1. The Morgan fingerprint density at radius 2 is 2.23 bits per heavy atom. The van der Waals surface area contributed by atoms with Crippen molar-refractivity contribution in [1.29, 1.82) is 0 Å². The normalized spacial score (nSPS) is 10.8. The molecule has 0 amide bonds. The highest BCUT2D eigenvalue weighted by Crippen LogP contribution is 2.29. The Morgan fingerprint density at radius 3 is 2.91 bits per heavy atom. The Hall–Kier alpha value is -2.08. The fraction of sp³-hybridized carbons (Fsp3) is 0.400. The second-order valence-electron chi connectivity index (χ2n) is 5.18.